The van der Waals surface area contributed by atoms with E-state index in [0.29, 0.717) is 12.2 Å². The van der Waals surface area contributed by atoms with Crippen LogP contribution in [-0.2, 0) is 6.54 Å². The van der Waals surface area contributed by atoms with Gasteiger partial charge in [0.25, 0.3) is 0 Å². The molecule has 0 unspecified atom stereocenters. The summed E-state index contributed by atoms with van der Waals surface area (Å²) < 4.78 is 1.56. The molecule has 0 saturated heterocycles. The number of aryl methyl sites for hydroxylation is 1. The van der Waals surface area contributed by atoms with Gasteiger partial charge in [0.05, 0.1) is 5.69 Å². The van der Waals surface area contributed by atoms with Crippen molar-refractivity contribution in [2.45, 2.75) is 26.3 Å². The average Bonchev–Trinajstić information content (AvgIpc) is 2.94. The van der Waals surface area contributed by atoms with Gasteiger partial charge in [-0.25, -0.2) is 4.79 Å². The van der Waals surface area contributed by atoms with Crippen molar-refractivity contribution < 1.29 is 9.90 Å². The summed E-state index contributed by atoms with van der Waals surface area (Å²) in [7, 11) is 0. The normalized spacial score (nSPS) is 10.6. The molecular weight excluding hydrogens is 218 g/mol. The fourth-order valence-corrected chi connectivity index (χ4v) is 1.69. The van der Waals surface area contributed by atoms with Gasteiger partial charge in [0.2, 0.25) is 0 Å². The molecule has 2 aromatic rings. The summed E-state index contributed by atoms with van der Waals surface area (Å²) in [6.07, 6.45) is 5.53. The molecule has 5 heteroatoms. The van der Waals surface area contributed by atoms with E-state index in [4.69, 9.17) is 5.11 Å². The Kier molecular flexibility index (Phi) is 3.27. The molecule has 0 fully saturated rings. The van der Waals surface area contributed by atoms with Crippen molar-refractivity contribution in [2.75, 3.05) is 0 Å². The van der Waals surface area contributed by atoms with Crippen molar-refractivity contribution in [2.24, 2.45) is 0 Å². The number of nitrogens with zero attached hydrogens (tertiary/aromatic N) is 2. The number of carboxylic acid groups (broad SMARTS) is 1. The number of aromatic carboxylic acids is 1. The van der Waals surface area contributed by atoms with Gasteiger partial charge in [-0.05, 0) is 18.6 Å². The van der Waals surface area contributed by atoms with E-state index in [1.165, 1.54) is 0 Å². The van der Waals surface area contributed by atoms with Crippen LogP contribution in [0.25, 0.3) is 11.3 Å². The first-order valence-electron chi connectivity index (χ1n) is 5.66. The van der Waals surface area contributed by atoms with E-state index in [1.54, 1.807) is 23.1 Å². The highest BCUT2D eigenvalue weighted by atomic mass is 16.4. The van der Waals surface area contributed by atoms with Gasteiger partial charge in [0.1, 0.15) is 5.69 Å². The van der Waals surface area contributed by atoms with Crippen LogP contribution in [0.2, 0.25) is 0 Å². The third kappa shape index (κ3) is 2.38. The second-order valence-electron chi connectivity index (χ2n) is 3.90. The Hall–Kier alpha value is -2.04. The molecule has 0 aromatic carbocycles. The smallest absolute Gasteiger partial charge is 0.354 e. The van der Waals surface area contributed by atoms with Crippen LogP contribution in [-0.4, -0.2) is 25.8 Å². The van der Waals surface area contributed by atoms with Crippen molar-refractivity contribution in [1.82, 2.24) is 14.8 Å². The molecular formula is C12H15N3O2. The molecule has 2 heterocycles. The molecule has 0 spiro atoms. The number of carbonyl (C=O) groups is 1. The maximum atomic E-state index is 11.1. The van der Waals surface area contributed by atoms with Crippen LogP contribution in [0, 0.1) is 0 Å². The van der Waals surface area contributed by atoms with Gasteiger partial charge < -0.3 is 10.1 Å². The molecule has 0 aliphatic heterocycles. The molecule has 0 saturated carbocycles. The fourth-order valence-electron chi connectivity index (χ4n) is 1.69. The molecule has 2 aromatic heterocycles. The zero-order valence-electron chi connectivity index (χ0n) is 9.68. The minimum Gasteiger partial charge on any atom is -0.477 e. The van der Waals surface area contributed by atoms with Gasteiger partial charge in [-0.3, -0.25) is 4.68 Å². The van der Waals surface area contributed by atoms with E-state index < -0.39 is 5.97 Å². The predicted octanol–water partition coefficient (Wildman–Crippen LogP) is 2.38. The Labute approximate surface area is 99.1 Å². The van der Waals surface area contributed by atoms with Crippen LogP contribution in [0.15, 0.2) is 24.5 Å². The third-order valence-electron chi connectivity index (χ3n) is 2.62. The minimum atomic E-state index is -0.935. The summed E-state index contributed by atoms with van der Waals surface area (Å²) >= 11 is 0. The lowest BCUT2D eigenvalue weighted by Gasteiger charge is -2.01. The monoisotopic (exact) mass is 233 g/mol. The summed E-state index contributed by atoms with van der Waals surface area (Å²) in [5.74, 6) is -0.935. The van der Waals surface area contributed by atoms with E-state index in [-0.39, 0.29) is 5.69 Å². The molecule has 0 atom stereocenters. The molecule has 2 N–H and O–H groups in total. The van der Waals surface area contributed by atoms with Crippen LogP contribution in [0.5, 0.6) is 0 Å². The highest BCUT2D eigenvalue weighted by Gasteiger charge is 2.14. The number of aromatic amines is 1. The lowest BCUT2D eigenvalue weighted by Crippen LogP contribution is -2.09. The van der Waals surface area contributed by atoms with Crippen molar-refractivity contribution in [3.05, 3.63) is 30.2 Å². The Balaban J connectivity index is 2.34. The third-order valence-corrected chi connectivity index (χ3v) is 2.62. The van der Waals surface area contributed by atoms with Gasteiger partial charge >= 0.3 is 5.97 Å². The summed E-state index contributed by atoms with van der Waals surface area (Å²) in [6, 6.07) is 3.49. The van der Waals surface area contributed by atoms with E-state index in [0.717, 1.165) is 18.4 Å². The maximum absolute atomic E-state index is 11.1. The Morgan fingerprint density at radius 3 is 3.00 bits per heavy atom. The van der Waals surface area contributed by atoms with E-state index in [1.807, 2.05) is 6.07 Å². The Bertz CT molecular complexity index is 500. The summed E-state index contributed by atoms with van der Waals surface area (Å²) in [4.78, 5) is 14.0. The number of hydrogen-bond donors (Lipinski definition) is 2. The summed E-state index contributed by atoms with van der Waals surface area (Å²) in [6.45, 7) is 2.71. The summed E-state index contributed by atoms with van der Waals surface area (Å²) in [5.41, 5.74) is 1.84. The Morgan fingerprint density at radius 2 is 2.41 bits per heavy atom. The van der Waals surface area contributed by atoms with Crippen LogP contribution >= 0.6 is 0 Å². The topological polar surface area (TPSA) is 70.9 Å². The number of hydrogen-bond acceptors (Lipinski definition) is 2. The zero-order valence-corrected chi connectivity index (χ0v) is 9.68. The van der Waals surface area contributed by atoms with E-state index >= 15 is 0 Å². The highest BCUT2D eigenvalue weighted by molar-refractivity contribution is 5.87. The molecule has 0 bridgehead atoms. The van der Waals surface area contributed by atoms with Crippen molar-refractivity contribution >= 4 is 5.97 Å². The molecule has 5 nitrogen and oxygen atoms in total. The first kappa shape index (κ1) is 11.4. The summed E-state index contributed by atoms with van der Waals surface area (Å²) in [5, 5.41) is 13.4. The lowest BCUT2D eigenvalue weighted by atomic mass is 10.2. The first-order chi connectivity index (χ1) is 8.22. The SMILES string of the molecule is CCCCn1nc(-c2cc[nH]c2)cc1C(=O)O. The van der Waals surface area contributed by atoms with Crippen molar-refractivity contribution in [3.63, 3.8) is 0 Å². The van der Waals surface area contributed by atoms with Crippen LogP contribution in [0.4, 0.5) is 0 Å². The molecule has 2 rings (SSSR count). The average molecular weight is 233 g/mol. The van der Waals surface area contributed by atoms with Gasteiger partial charge in [0.15, 0.2) is 0 Å². The van der Waals surface area contributed by atoms with E-state index in [9.17, 15) is 4.79 Å². The van der Waals surface area contributed by atoms with Gasteiger partial charge in [-0.15, -0.1) is 0 Å². The lowest BCUT2D eigenvalue weighted by molar-refractivity contribution is 0.0683. The number of unbranched alkanes of at least 4 members (excludes halogenated alkanes) is 1. The number of H-pyrrole nitrogens is 1. The number of aromatic nitrogens is 3. The first-order valence-corrected chi connectivity index (χ1v) is 5.66. The molecule has 90 valence electrons. The maximum Gasteiger partial charge on any atom is 0.354 e. The number of nitrogens with one attached hydrogen (secondary N) is 1. The molecule has 0 aliphatic carbocycles. The van der Waals surface area contributed by atoms with Gasteiger partial charge in [-0.1, -0.05) is 13.3 Å². The largest absolute Gasteiger partial charge is 0.477 e. The molecule has 0 aliphatic rings. The second-order valence-corrected chi connectivity index (χ2v) is 3.90. The fraction of sp³-hybridized carbons (Fsp3) is 0.333. The second kappa shape index (κ2) is 4.86. The number of carboxylic acids is 1. The standard InChI is InChI=1S/C12H15N3O2/c1-2-3-6-15-11(12(16)17)7-10(14-15)9-4-5-13-8-9/h4-5,7-8,13H,2-3,6H2,1H3,(H,16,17). The van der Waals surface area contributed by atoms with Crippen LogP contribution in [0.1, 0.15) is 30.3 Å². The minimum absolute atomic E-state index is 0.245. The van der Waals surface area contributed by atoms with Gasteiger partial charge in [-0.2, -0.15) is 5.10 Å². The molecule has 17 heavy (non-hydrogen) atoms. The zero-order chi connectivity index (χ0) is 12.3. The van der Waals surface area contributed by atoms with Crippen molar-refractivity contribution in [1.29, 1.82) is 0 Å². The van der Waals surface area contributed by atoms with Crippen LogP contribution < -0.4 is 0 Å². The predicted molar refractivity (Wildman–Crippen MR) is 63.9 cm³/mol. The Morgan fingerprint density at radius 1 is 1.59 bits per heavy atom. The van der Waals surface area contributed by atoms with Crippen LogP contribution in [0.3, 0.4) is 0 Å². The van der Waals surface area contributed by atoms with Gasteiger partial charge in [0, 0.05) is 24.5 Å². The molecule has 0 radical (unpaired) electrons. The van der Waals surface area contributed by atoms with E-state index in [2.05, 4.69) is 17.0 Å². The highest BCUT2D eigenvalue weighted by Crippen LogP contribution is 2.18. The number of rotatable bonds is 5. The molecule has 0 amide bonds. The van der Waals surface area contributed by atoms with Crippen molar-refractivity contribution in [3.8, 4) is 11.3 Å². The quantitative estimate of drug-likeness (QED) is 0.832.